The van der Waals surface area contributed by atoms with E-state index < -0.39 is 17.2 Å². The second-order valence-electron chi connectivity index (χ2n) is 3.43. The molecule has 1 heterocycles. The minimum Gasteiger partial charge on any atom is -0.382 e. The minimum atomic E-state index is -1.50. The van der Waals surface area contributed by atoms with Crippen molar-refractivity contribution in [3.05, 3.63) is 35.4 Å². The summed E-state index contributed by atoms with van der Waals surface area (Å²) < 4.78 is 31.5. The second-order valence-corrected chi connectivity index (χ2v) is 3.43. The first-order valence-electron chi connectivity index (χ1n) is 4.38. The third kappa shape index (κ3) is 1.40. The Balaban J connectivity index is 2.49. The second kappa shape index (κ2) is 3.29. The van der Waals surface area contributed by atoms with Gasteiger partial charge in [-0.3, -0.25) is 0 Å². The van der Waals surface area contributed by atoms with Crippen molar-refractivity contribution in [3.8, 4) is 0 Å². The Morgan fingerprint density at radius 3 is 2.43 bits per heavy atom. The van der Waals surface area contributed by atoms with Gasteiger partial charge in [-0.1, -0.05) is 6.07 Å². The van der Waals surface area contributed by atoms with Crippen molar-refractivity contribution in [1.29, 1.82) is 0 Å². The lowest BCUT2D eigenvalue weighted by molar-refractivity contribution is 0.0170. The Bertz CT molecular complexity index is 326. The van der Waals surface area contributed by atoms with E-state index in [1.807, 2.05) is 0 Å². The topological polar surface area (TPSA) is 29.5 Å². The molecule has 1 aromatic rings. The highest BCUT2D eigenvalue weighted by molar-refractivity contribution is 5.27. The normalized spacial score (nSPS) is 26.8. The molecule has 0 aromatic heterocycles. The zero-order chi connectivity index (χ0) is 10.2. The van der Waals surface area contributed by atoms with E-state index in [2.05, 4.69) is 0 Å². The van der Waals surface area contributed by atoms with Crippen molar-refractivity contribution in [2.45, 2.75) is 12.0 Å². The Morgan fingerprint density at radius 1 is 1.29 bits per heavy atom. The molecule has 2 rings (SSSR count). The molecule has 0 saturated carbocycles. The quantitative estimate of drug-likeness (QED) is 0.745. The third-order valence-electron chi connectivity index (χ3n) is 2.43. The molecule has 0 spiro atoms. The van der Waals surface area contributed by atoms with E-state index in [0.29, 0.717) is 6.61 Å². The van der Waals surface area contributed by atoms with Gasteiger partial charge in [0.1, 0.15) is 17.2 Å². The summed E-state index contributed by atoms with van der Waals surface area (Å²) in [5.41, 5.74) is -1.78. The lowest BCUT2D eigenvalue weighted by Gasteiger charge is -2.21. The molecule has 0 radical (unpaired) electrons. The van der Waals surface area contributed by atoms with E-state index in [9.17, 15) is 13.9 Å². The molecule has 1 aromatic carbocycles. The Labute approximate surface area is 80.1 Å². The van der Waals surface area contributed by atoms with Crippen molar-refractivity contribution in [1.82, 2.24) is 0 Å². The largest absolute Gasteiger partial charge is 0.382 e. The fourth-order valence-corrected chi connectivity index (χ4v) is 1.69. The van der Waals surface area contributed by atoms with Gasteiger partial charge in [0.2, 0.25) is 0 Å². The van der Waals surface area contributed by atoms with Crippen LogP contribution >= 0.6 is 0 Å². The highest BCUT2D eigenvalue weighted by Gasteiger charge is 2.38. The SMILES string of the molecule is OC1(c2c(F)cccc2F)CCOC1. The van der Waals surface area contributed by atoms with Crippen molar-refractivity contribution in [3.63, 3.8) is 0 Å². The first-order valence-corrected chi connectivity index (χ1v) is 4.38. The minimum absolute atomic E-state index is 0.0507. The predicted octanol–water partition coefficient (Wildman–Crippen LogP) is 1.57. The smallest absolute Gasteiger partial charge is 0.132 e. The molecule has 1 saturated heterocycles. The molecule has 14 heavy (non-hydrogen) atoms. The third-order valence-corrected chi connectivity index (χ3v) is 2.43. The fourth-order valence-electron chi connectivity index (χ4n) is 1.69. The lowest BCUT2D eigenvalue weighted by atomic mass is 9.92. The van der Waals surface area contributed by atoms with E-state index >= 15 is 0 Å². The van der Waals surface area contributed by atoms with Crippen LogP contribution in [-0.2, 0) is 10.3 Å². The fraction of sp³-hybridized carbons (Fsp3) is 0.400. The molecular formula is C10H10F2O2. The Hall–Kier alpha value is -1.00. The summed E-state index contributed by atoms with van der Waals surface area (Å²) in [5.74, 6) is -1.45. The highest BCUT2D eigenvalue weighted by atomic mass is 19.1. The maximum absolute atomic E-state index is 13.3. The molecule has 2 nitrogen and oxygen atoms in total. The average Bonchev–Trinajstić information content (AvgIpc) is 2.52. The molecule has 1 atom stereocenters. The summed E-state index contributed by atoms with van der Waals surface area (Å²) in [4.78, 5) is 0. The number of halogens is 2. The highest BCUT2D eigenvalue weighted by Crippen LogP contribution is 2.33. The first-order chi connectivity index (χ1) is 6.63. The van der Waals surface area contributed by atoms with Crippen molar-refractivity contribution in [2.75, 3.05) is 13.2 Å². The zero-order valence-corrected chi connectivity index (χ0v) is 7.46. The van der Waals surface area contributed by atoms with Crippen LogP contribution in [0.1, 0.15) is 12.0 Å². The van der Waals surface area contributed by atoms with Crippen LogP contribution < -0.4 is 0 Å². The summed E-state index contributed by atoms with van der Waals surface area (Å²) in [5, 5.41) is 9.92. The van der Waals surface area contributed by atoms with Crippen LogP contribution in [0.4, 0.5) is 8.78 Å². The van der Waals surface area contributed by atoms with Crippen LogP contribution in [0.5, 0.6) is 0 Å². The van der Waals surface area contributed by atoms with Gasteiger partial charge in [0.05, 0.1) is 12.2 Å². The lowest BCUT2D eigenvalue weighted by Crippen LogP contribution is -2.28. The number of hydrogen-bond acceptors (Lipinski definition) is 2. The molecule has 1 aliphatic rings. The van der Waals surface area contributed by atoms with E-state index in [1.165, 1.54) is 6.07 Å². The van der Waals surface area contributed by atoms with Crippen LogP contribution in [0.15, 0.2) is 18.2 Å². The summed E-state index contributed by atoms with van der Waals surface area (Å²) in [6, 6.07) is 3.54. The van der Waals surface area contributed by atoms with Crippen LogP contribution in [0.3, 0.4) is 0 Å². The maximum atomic E-state index is 13.3. The molecular weight excluding hydrogens is 190 g/mol. The van der Waals surface area contributed by atoms with E-state index in [4.69, 9.17) is 4.74 Å². The van der Waals surface area contributed by atoms with Gasteiger partial charge in [-0.25, -0.2) is 8.78 Å². The molecule has 1 aliphatic heterocycles. The standard InChI is InChI=1S/C10H10F2O2/c11-7-2-1-3-8(12)9(7)10(13)4-5-14-6-10/h1-3,13H,4-6H2. The van der Waals surface area contributed by atoms with Crippen LogP contribution in [0.2, 0.25) is 0 Å². The molecule has 0 aliphatic carbocycles. The molecule has 1 fully saturated rings. The van der Waals surface area contributed by atoms with Crippen molar-refractivity contribution in [2.24, 2.45) is 0 Å². The van der Waals surface area contributed by atoms with Gasteiger partial charge in [0.25, 0.3) is 0 Å². The van der Waals surface area contributed by atoms with Gasteiger partial charge in [-0.05, 0) is 12.1 Å². The monoisotopic (exact) mass is 200 g/mol. The van der Waals surface area contributed by atoms with Gasteiger partial charge >= 0.3 is 0 Å². The summed E-state index contributed by atoms with van der Waals surface area (Å²) >= 11 is 0. The number of hydrogen-bond donors (Lipinski definition) is 1. The van der Waals surface area contributed by atoms with E-state index in [0.717, 1.165) is 12.1 Å². The van der Waals surface area contributed by atoms with Crippen LogP contribution in [-0.4, -0.2) is 18.3 Å². The van der Waals surface area contributed by atoms with Crippen molar-refractivity contribution >= 4 is 0 Å². The van der Waals surface area contributed by atoms with Crippen molar-refractivity contribution < 1.29 is 18.6 Å². The molecule has 1 unspecified atom stereocenters. The maximum Gasteiger partial charge on any atom is 0.132 e. The number of ether oxygens (including phenoxy) is 1. The molecule has 0 bridgehead atoms. The van der Waals surface area contributed by atoms with Gasteiger partial charge in [-0.2, -0.15) is 0 Å². The number of rotatable bonds is 1. The molecule has 1 N–H and O–H groups in total. The van der Waals surface area contributed by atoms with Gasteiger partial charge in [0, 0.05) is 13.0 Å². The van der Waals surface area contributed by atoms with E-state index in [-0.39, 0.29) is 18.6 Å². The summed E-state index contributed by atoms with van der Waals surface area (Å²) in [7, 11) is 0. The molecule has 76 valence electrons. The summed E-state index contributed by atoms with van der Waals surface area (Å²) in [6.45, 7) is 0.273. The van der Waals surface area contributed by atoms with Crippen LogP contribution in [0.25, 0.3) is 0 Å². The van der Waals surface area contributed by atoms with Gasteiger partial charge in [0.15, 0.2) is 0 Å². The zero-order valence-electron chi connectivity index (χ0n) is 7.46. The summed E-state index contributed by atoms with van der Waals surface area (Å²) in [6.07, 6.45) is 0.227. The predicted molar refractivity (Wildman–Crippen MR) is 45.7 cm³/mol. The van der Waals surface area contributed by atoms with Crippen LogP contribution in [0, 0.1) is 11.6 Å². The molecule has 0 amide bonds. The Kier molecular flexibility index (Phi) is 2.25. The average molecular weight is 200 g/mol. The van der Waals surface area contributed by atoms with Gasteiger partial charge < -0.3 is 9.84 Å². The molecule has 4 heteroatoms. The first kappa shape index (κ1) is 9.55. The number of benzene rings is 1. The number of aliphatic hydroxyl groups is 1. The van der Waals surface area contributed by atoms with E-state index in [1.54, 1.807) is 0 Å². The Morgan fingerprint density at radius 2 is 1.93 bits per heavy atom. The van der Waals surface area contributed by atoms with Gasteiger partial charge in [-0.15, -0.1) is 0 Å².